The fraction of sp³-hybridized carbons (Fsp3) is 0.833. The fourth-order valence-electron chi connectivity index (χ4n) is 2.39. The Bertz CT molecular complexity index is 487. The summed E-state index contributed by atoms with van der Waals surface area (Å²) >= 11 is 0. The number of ether oxygens (including phenoxy) is 1. The summed E-state index contributed by atoms with van der Waals surface area (Å²) in [5, 5.41) is 5.00. The molecule has 2 N–H and O–H groups in total. The molecule has 1 unspecified atom stereocenters. The molecule has 8 nitrogen and oxygen atoms in total. The van der Waals surface area contributed by atoms with Crippen LogP contribution in [0.4, 0.5) is 0 Å². The minimum atomic E-state index is -3.06. The van der Waals surface area contributed by atoms with Crippen LogP contribution in [0.2, 0.25) is 0 Å². The van der Waals surface area contributed by atoms with E-state index in [9.17, 15) is 18.0 Å². The minimum absolute atomic E-state index is 0.0661. The zero-order valence-electron chi connectivity index (χ0n) is 11.8. The average molecular weight is 319 g/mol. The molecule has 0 radical (unpaired) electrons. The van der Waals surface area contributed by atoms with Crippen molar-refractivity contribution < 1.29 is 22.7 Å². The van der Waals surface area contributed by atoms with Gasteiger partial charge in [-0.15, -0.1) is 0 Å². The van der Waals surface area contributed by atoms with Gasteiger partial charge in [-0.1, -0.05) is 0 Å². The van der Waals surface area contributed by atoms with Gasteiger partial charge >= 0.3 is 11.8 Å². The summed E-state index contributed by atoms with van der Waals surface area (Å²) in [4.78, 5) is 25.4. The van der Waals surface area contributed by atoms with E-state index in [2.05, 4.69) is 15.5 Å². The lowest BCUT2D eigenvalue weighted by atomic mass is 10.2. The topological polar surface area (TPSA) is 105 Å². The molecule has 0 aromatic heterocycles. The van der Waals surface area contributed by atoms with Crippen molar-refractivity contribution in [2.24, 2.45) is 0 Å². The monoisotopic (exact) mass is 319 g/mol. The zero-order valence-corrected chi connectivity index (χ0v) is 12.7. The van der Waals surface area contributed by atoms with Gasteiger partial charge in [0.25, 0.3) is 0 Å². The van der Waals surface area contributed by atoms with Gasteiger partial charge < -0.3 is 15.4 Å². The molecule has 21 heavy (non-hydrogen) atoms. The molecule has 0 aliphatic carbocycles. The highest BCUT2D eigenvalue weighted by Crippen LogP contribution is 2.10. The van der Waals surface area contributed by atoms with Gasteiger partial charge in [-0.2, -0.15) is 0 Å². The molecule has 0 saturated carbocycles. The molecular weight excluding hydrogens is 298 g/mol. The summed E-state index contributed by atoms with van der Waals surface area (Å²) in [5.41, 5.74) is 0. The molecule has 2 saturated heterocycles. The first-order valence-electron chi connectivity index (χ1n) is 7.05. The van der Waals surface area contributed by atoms with Crippen LogP contribution in [0, 0.1) is 0 Å². The van der Waals surface area contributed by atoms with Crippen molar-refractivity contribution in [1.29, 1.82) is 0 Å². The Hall–Kier alpha value is -1.19. The molecule has 9 heteroatoms. The van der Waals surface area contributed by atoms with E-state index >= 15 is 0 Å². The van der Waals surface area contributed by atoms with Crippen LogP contribution in [0.5, 0.6) is 0 Å². The number of nitrogens with zero attached hydrogens (tertiary/aromatic N) is 1. The first kappa shape index (κ1) is 16.2. The molecule has 0 spiro atoms. The van der Waals surface area contributed by atoms with Gasteiger partial charge in [0.1, 0.15) is 0 Å². The van der Waals surface area contributed by atoms with Crippen LogP contribution in [0.25, 0.3) is 0 Å². The third kappa shape index (κ3) is 5.25. The largest absolute Gasteiger partial charge is 0.379 e. The maximum atomic E-state index is 11.6. The molecule has 2 aliphatic heterocycles. The van der Waals surface area contributed by atoms with Gasteiger partial charge in [0, 0.05) is 32.2 Å². The van der Waals surface area contributed by atoms with Crippen LogP contribution >= 0.6 is 0 Å². The number of sulfone groups is 1. The van der Waals surface area contributed by atoms with Gasteiger partial charge in [-0.3, -0.25) is 14.5 Å². The van der Waals surface area contributed by atoms with Crippen molar-refractivity contribution in [3.05, 3.63) is 0 Å². The molecule has 1 atom stereocenters. The summed E-state index contributed by atoms with van der Waals surface area (Å²) in [7, 11) is -3.06. The maximum Gasteiger partial charge on any atom is 0.309 e. The molecule has 2 heterocycles. The number of hydrogen-bond acceptors (Lipinski definition) is 6. The third-order valence-corrected chi connectivity index (χ3v) is 5.36. The molecule has 2 amide bonds. The first-order valence-corrected chi connectivity index (χ1v) is 8.88. The van der Waals surface area contributed by atoms with Crippen molar-refractivity contribution >= 4 is 21.7 Å². The lowest BCUT2D eigenvalue weighted by Crippen LogP contribution is -2.47. The minimum Gasteiger partial charge on any atom is -0.379 e. The van der Waals surface area contributed by atoms with E-state index in [0.717, 1.165) is 13.1 Å². The third-order valence-electron chi connectivity index (χ3n) is 3.59. The number of amides is 2. The second-order valence-corrected chi connectivity index (χ2v) is 7.51. The van der Waals surface area contributed by atoms with Crippen LogP contribution in [0.1, 0.15) is 6.42 Å². The number of hydrogen-bond donors (Lipinski definition) is 2. The van der Waals surface area contributed by atoms with Gasteiger partial charge in [0.05, 0.1) is 24.7 Å². The maximum absolute atomic E-state index is 11.6. The SMILES string of the molecule is O=C(NCCN1CCOCC1)C(=O)NC1CCS(=O)(=O)C1. The second kappa shape index (κ2) is 7.19. The number of nitrogens with one attached hydrogen (secondary N) is 2. The van der Waals surface area contributed by atoms with Gasteiger partial charge in [-0.25, -0.2) is 8.42 Å². The molecule has 0 aromatic carbocycles. The Morgan fingerprint density at radius 3 is 2.52 bits per heavy atom. The molecule has 0 aromatic rings. The van der Waals surface area contributed by atoms with Crippen LogP contribution < -0.4 is 10.6 Å². The molecule has 2 rings (SSSR count). The zero-order chi connectivity index (χ0) is 15.3. The van der Waals surface area contributed by atoms with Gasteiger partial charge in [0.15, 0.2) is 9.84 Å². The molecular formula is C12H21N3O5S. The van der Waals surface area contributed by atoms with E-state index in [-0.39, 0.29) is 11.5 Å². The molecule has 2 fully saturated rings. The highest BCUT2D eigenvalue weighted by Gasteiger charge is 2.30. The summed E-state index contributed by atoms with van der Waals surface area (Å²) in [6.45, 7) is 4.06. The molecule has 0 bridgehead atoms. The standard InChI is InChI=1S/C12H21N3O5S/c16-11(13-2-3-15-4-6-20-7-5-15)12(17)14-10-1-8-21(18,19)9-10/h10H,1-9H2,(H,13,16)(H,14,17). The van der Waals surface area contributed by atoms with Crippen molar-refractivity contribution in [3.63, 3.8) is 0 Å². The Morgan fingerprint density at radius 2 is 1.90 bits per heavy atom. The van der Waals surface area contributed by atoms with Crippen LogP contribution in [-0.2, 0) is 24.2 Å². The van der Waals surface area contributed by atoms with Crippen LogP contribution in [0.3, 0.4) is 0 Å². The van der Waals surface area contributed by atoms with Crippen molar-refractivity contribution in [3.8, 4) is 0 Å². The van der Waals surface area contributed by atoms with Crippen molar-refractivity contribution in [2.45, 2.75) is 12.5 Å². The summed E-state index contributed by atoms with van der Waals surface area (Å²) in [6, 6.07) is -0.451. The highest BCUT2D eigenvalue weighted by atomic mass is 32.2. The quantitative estimate of drug-likeness (QED) is 0.567. The Kier molecular flexibility index (Phi) is 5.54. The number of carbonyl (C=O) groups is 2. The van der Waals surface area contributed by atoms with Gasteiger partial charge in [-0.05, 0) is 6.42 Å². The van der Waals surface area contributed by atoms with E-state index in [4.69, 9.17) is 4.74 Å². The number of rotatable bonds is 4. The predicted octanol–water partition coefficient (Wildman–Crippen LogP) is -2.26. The van der Waals surface area contributed by atoms with E-state index in [0.29, 0.717) is 32.7 Å². The summed E-state index contributed by atoms with van der Waals surface area (Å²) < 4.78 is 27.8. The summed E-state index contributed by atoms with van der Waals surface area (Å²) in [6.07, 6.45) is 0.370. The Balaban J connectivity index is 1.64. The van der Waals surface area contributed by atoms with Crippen LogP contribution in [-0.4, -0.2) is 82.1 Å². The van der Waals surface area contributed by atoms with E-state index < -0.39 is 27.7 Å². The van der Waals surface area contributed by atoms with Gasteiger partial charge in [0.2, 0.25) is 0 Å². The smallest absolute Gasteiger partial charge is 0.309 e. The fourth-order valence-corrected chi connectivity index (χ4v) is 4.07. The van der Waals surface area contributed by atoms with Crippen molar-refractivity contribution in [1.82, 2.24) is 15.5 Å². The first-order chi connectivity index (χ1) is 9.96. The van der Waals surface area contributed by atoms with Crippen LogP contribution in [0.15, 0.2) is 0 Å². The molecule has 2 aliphatic rings. The molecule has 120 valence electrons. The lowest BCUT2D eigenvalue weighted by molar-refractivity contribution is -0.139. The van der Waals surface area contributed by atoms with E-state index in [1.807, 2.05) is 0 Å². The number of carbonyl (C=O) groups excluding carboxylic acids is 2. The van der Waals surface area contributed by atoms with Crippen molar-refractivity contribution in [2.75, 3.05) is 50.9 Å². The van der Waals surface area contributed by atoms with E-state index in [1.54, 1.807) is 0 Å². The normalized spacial score (nSPS) is 25.4. The number of morpholine rings is 1. The second-order valence-electron chi connectivity index (χ2n) is 5.28. The Morgan fingerprint density at radius 1 is 1.19 bits per heavy atom. The van der Waals surface area contributed by atoms with E-state index in [1.165, 1.54) is 0 Å². The lowest BCUT2D eigenvalue weighted by Gasteiger charge is -2.26. The highest BCUT2D eigenvalue weighted by molar-refractivity contribution is 7.91. The predicted molar refractivity (Wildman–Crippen MR) is 75.5 cm³/mol. The average Bonchev–Trinajstić information content (AvgIpc) is 2.79. The Labute approximate surface area is 124 Å². The summed E-state index contributed by atoms with van der Waals surface area (Å²) in [5.74, 6) is -1.50.